The summed E-state index contributed by atoms with van der Waals surface area (Å²) >= 11 is 0. The van der Waals surface area contributed by atoms with Crippen molar-refractivity contribution in [1.29, 1.82) is 0 Å². The summed E-state index contributed by atoms with van der Waals surface area (Å²) in [4.78, 5) is 4.48. The Morgan fingerprint density at radius 3 is 2.60 bits per heavy atom. The van der Waals surface area contributed by atoms with E-state index in [9.17, 15) is 5.11 Å². The standard InChI is InChI=1S/C16H16N2O2/c1-11-6-7-12(2)18(11)14-4-3-5-15-16(14)17-8-13(9-19)10-20-15/h3-8,10,19H,9H2,1-2H3. The van der Waals surface area contributed by atoms with Crippen molar-refractivity contribution in [3.8, 4) is 11.4 Å². The van der Waals surface area contributed by atoms with Gasteiger partial charge >= 0.3 is 0 Å². The monoisotopic (exact) mass is 268 g/mol. The van der Waals surface area contributed by atoms with Gasteiger partial charge in [-0.3, -0.25) is 4.99 Å². The van der Waals surface area contributed by atoms with Crippen LogP contribution in [0.3, 0.4) is 0 Å². The number of aliphatic hydroxyl groups is 1. The number of rotatable bonds is 2. The first-order valence-corrected chi connectivity index (χ1v) is 6.49. The molecule has 1 aliphatic heterocycles. The fourth-order valence-electron chi connectivity index (χ4n) is 2.36. The molecule has 102 valence electrons. The molecule has 0 amide bonds. The van der Waals surface area contributed by atoms with Crippen LogP contribution in [0.2, 0.25) is 0 Å². The molecule has 0 aliphatic carbocycles. The minimum atomic E-state index is -0.0889. The summed E-state index contributed by atoms with van der Waals surface area (Å²) in [5.41, 5.74) is 4.69. The smallest absolute Gasteiger partial charge is 0.154 e. The van der Waals surface area contributed by atoms with Gasteiger partial charge in [-0.25, -0.2) is 0 Å². The van der Waals surface area contributed by atoms with Crippen LogP contribution in [-0.4, -0.2) is 22.5 Å². The summed E-state index contributed by atoms with van der Waals surface area (Å²) in [6.45, 7) is 4.03. The number of benzene rings is 1. The number of hydrogen-bond acceptors (Lipinski definition) is 3. The molecule has 2 aromatic rings. The lowest BCUT2D eigenvalue weighted by Crippen LogP contribution is -1.99. The Balaban J connectivity index is 2.18. The number of aromatic nitrogens is 1. The minimum Gasteiger partial charge on any atom is -0.462 e. The molecule has 0 unspecified atom stereocenters. The van der Waals surface area contributed by atoms with Crippen LogP contribution in [0.5, 0.6) is 5.75 Å². The molecule has 3 rings (SSSR count). The predicted octanol–water partition coefficient (Wildman–Crippen LogP) is 3.07. The highest BCUT2D eigenvalue weighted by Crippen LogP contribution is 2.36. The number of aliphatic hydroxyl groups excluding tert-OH is 1. The summed E-state index contributed by atoms with van der Waals surface area (Å²) < 4.78 is 7.75. The van der Waals surface area contributed by atoms with Gasteiger partial charge in [0.15, 0.2) is 5.75 Å². The Morgan fingerprint density at radius 2 is 1.90 bits per heavy atom. The molecule has 0 bridgehead atoms. The van der Waals surface area contributed by atoms with Gasteiger partial charge in [-0.05, 0) is 38.1 Å². The van der Waals surface area contributed by atoms with Crippen molar-refractivity contribution in [3.63, 3.8) is 0 Å². The van der Waals surface area contributed by atoms with Crippen LogP contribution in [0.1, 0.15) is 11.4 Å². The van der Waals surface area contributed by atoms with Crippen LogP contribution in [0.15, 0.2) is 47.2 Å². The van der Waals surface area contributed by atoms with Crippen LogP contribution in [0.25, 0.3) is 5.69 Å². The van der Waals surface area contributed by atoms with E-state index in [0.717, 1.165) is 22.8 Å². The molecule has 0 saturated heterocycles. The van der Waals surface area contributed by atoms with Crippen molar-refractivity contribution < 1.29 is 9.84 Å². The van der Waals surface area contributed by atoms with E-state index in [-0.39, 0.29) is 6.61 Å². The van der Waals surface area contributed by atoms with Crippen molar-refractivity contribution >= 4 is 11.9 Å². The second-order valence-electron chi connectivity index (χ2n) is 4.80. The lowest BCUT2D eigenvalue weighted by Gasteiger charge is -2.14. The maximum Gasteiger partial charge on any atom is 0.154 e. The molecule has 2 heterocycles. The van der Waals surface area contributed by atoms with Gasteiger partial charge in [0.05, 0.1) is 18.6 Å². The van der Waals surface area contributed by atoms with E-state index in [1.54, 1.807) is 6.21 Å². The van der Waals surface area contributed by atoms with Gasteiger partial charge in [0.1, 0.15) is 5.69 Å². The van der Waals surface area contributed by atoms with Crippen LogP contribution >= 0.6 is 0 Å². The Hall–Kier alpha value is -2.33. The predicted molar refractivity (Wildman–Crippen MR) is 79.2 cm³/mol. The van der Waals surface area contributed by atoms with Crippen LogP contribution in [0.4, 0.5) is 5.69 Å². The third kappa shape index (κ3) is 2.04. The van der Waals surface area contributed by atoms with Gasteiger partial charge in [-0.1, -0.05) is 6.07 Å². The normalized spacial score (nSPS) is 13.4. The highest BCUT2D eigenvalue weighted by atomic mass is 16.5. The van der Waals surface area contributed by atoms with Gasteiger partial charge in [-0.15, -0.1) is 0 Å². The van der Waals surface area contributed by atoms with Crippen molar-refractivity contribution in [1.82, 2.24) is 4.57 Å². The average Bonchev–Trinajstić information content (AvgIpc) is 2.67. The van der Waals surface area contributed by atoms with E-state index in [1.165, 1.54) is 6.26 Å². The second kappa shape index (κ2) is 4.98. The summed E-state index contributed by atoms with van der Waals surface area (Å²) in [5.74, 6) is 0.690. The van der Waals surface area contributed by atoms with E-state index in [1.807, 2.05) is 18.2 Å². The minimum absolute atomic E-state index is 0.0889. The van der Waals surface area contributed by atoms with Crippen molar-refractivity contribution in [2.45, 2.75) is 13.8 Å². The average molecular weight is 268 g/mol. The third-order valence-corrected chi connectivity index (χ3v) is 3.37. The fraction of sp³-hybridized carbons (Fsp3) is 0.188. The summed E-state index contributed by atoms with van der Waals surface area (Å²) in [5, 5.41) is 9.19. The molecule has 0 atom stereocenters. The van der Waals surface area contributed by atoms with E-state index in [4.69, 9.17) is 4.74 Å². The quantitative estimate of drug-likeness (QED) is 0.910. The van der Waals surface area contributed by atoms with Crippen molar-refractivity contribution in [2.24, 2.45) is 4.99 Å². The second-order valence-corrected chi connectivity index (χ2v) is 4.80. The number of hydrogen-bond donors (Lipinski definition) is 1. The van der Waals surface area contributed by atoms with E-state index < -0.39 is 0 Å². The molecule has 0 fully saturated rings. The molecule has 1 aromatic heterocycles. The summed E-state index contributed by atoms with van der Waals surface area (Å²) in [6.07, 6.45) is 3.18. The lowest BCUT2D eigenvalue weighted by molar-refractivity contribution is 0.332. The first kappa shape index (κ1) is 12.7. The Morgan fingerprint density at radius 1 is 1.15 bits per heavy atom. The molecule has 0 radical (unpaired) electrons. The molecule has 1 aromatic carbocycles. The molecule has 1 N–H and O–H groups in total. The Bertz CT molecular complexity index is 692. The zero-order valence-electron chi connectivity index (χ0n) is 11.5. The number of ether oxygens (including phenoxy) is 1. The van der Waals surface area contributed by atoms with E-state index >= 15 is 0 Å². The van der Waals surface area contributed by atoms with Crippen LogP contribution in [-0.2, 0) is 0 Å². The topological polar surface area (TPSA) is 46.8 Å². The van der Waals surface area contributed by atoms with E-state index in [2.05, 4.69) is 35.5 Å². The SMILES string of the molecule is Cc1ccc(C)n1-c1cccc2c1N=CC(CO)=CO2. The van der Waals surface area contributed by atoms with Crippen LogP contribution < -0.4 is 4.74 Å². The lowest BCUT2D eigenvalue weighted by atomic mass is 10.2. The van der Waals surface area contributed by atoms with Gasteiger partial charge in [0, 0.05) is 23.2 Å². The van der Waals surface area contributed by atoms with Gasteiger partial charge in [0.2, 0.25) is 0 Å². The molecular formula is C16H16N2O2. The largest absolute Gasteiger partial charge is 0.462 e. The van der Waals surface area contributed by atoms with Crippen molar-refractivity contribution in [3.05, 3.63) is 53.6 Å². The molecule has 4 heteroatoms. The number of aliphatic imine (C=N–C) groups is 1. The zero-order chi connectivity index (χ0) is 14.1. The van der Waals surface area contributed by atoms with Gasteiger partial charge in [-0.2, -0.15) is 0 Å². The maximum absolute atomic E-state index is 9.19. The van der Waals surface area contributed by atoms with Crippen LogP contribution in [0, 0.1) is 13.8 Å². The molecule has 0 saturated carbocycles. The number of fused-ring (bicyclic) bond motifs is 1. The first-order valence-electron chi connectivity index (χ1n) is 6.49. The summed E-state index contributed by atoms with van der Waals surface area (Å²) in [7, 11) is 0. The fourth-order valence-corrected chi connectivity index (χ4v) is 2.36. The number of aryl methyl sites for hydroxylation is 2. The molecular weight excluding hydrogens is 252 g/mol. The Labute approximate surface area is 117 Å². The third-order valence-electron chi connectivity index (χ3n) is 3.37. The summed E-state index contributed by atoms with van der Waals surface area (Å²) in [6, 6.07) is 9.99. The zero-order valence-corrected chi connectivity index (χ0v) is 11.5. The van der Waals surface area contributed by atoms with Crippen molar-refractivity contribution in [2.75, 3.05) is 6.61 Å². The number of nitrogens with zero attached hydrogens (tertiary/aromatic N) is 2. The molecule has 1 aliphatic rings. The highest BCUT2D eigenvalue weighted by molar-refractivity contribution is 5.85. The van der Waals surface area contributed by atoms with Gasteiger partial charge < -0.3 is 14.4 Å². The van der Waals surface area contributed by atoms with Gasteiger partial charge in [0.25, 0.3) is 0 Å². The highest BCUT2D eigenvalue weighted by Gasteiger charge is 2.14. The number of para-hydroxylation sites is 1. The molecule has 0 spiro atoms. The van der Waals surface area contributed by atoms with E-state index in [0.29, 0.717) is 11.3 Å². The Kier molecular flexibility index (Phi) is 3.16. The molecule has 4 nitrogen and oxygen atoms in total. The first-order chi connectivity index (χ1) is 9.70. The maximum atomic E-state index is 9.19. The molecule has 20 heavy (non-hydrogen) atoms.